The summed E-state index contributed by atoms with van der Waals surface area (Å²) >= 11 is 0. The molecule has 17 heavy (non-hydrogen) atoms. The highest BCUT2D eigenvalue weighted by molar-refractivity contribution is 4.95. The number of nitrogens with zero attached hydrogens (tertiary/aromatic N) is 6. The summed E-state index contributed by atoms with van der Waals surface area (Å²) in [5, 5.41) is 12.2. The van der Waals surface area contributed by atoms with E-state index in [1.165, 1.54) is 0 Å². The lowest BCUT2D eigenvalue weighted by Crippen LogP contribution is -2.10. The molecule has 0 aliphatic carbocycles. The maximum absolute atomic E-state index is 5.47. The number of aryl methyl sites for hydroxylation is 1. The summed E-state index contributed by atoms with van der Waals surface area (Å²) < 4.78 is 3.66. The summed E-state index contributed by atoms with van der Waals surface area (Å²) in [6.45, 7) is 4.17. The molecule has 7 nitrogen and oxygen atoms in total. The van der Waals surface area contributed by atoms with E-state index >= 15 is 0 Å². The van der Waals surface area contributed by atoms with Crippen LogP contribution in [0.5, 0.6) is 0 Å². The molecule has 0 radical (unpaired) electrons. The summed E-state index contributed by atoms with van der Waals surface area (Å²) in [6, 6.07) is 0. The molecule has 0 aliphatic heterocycles. The van der Waals surface area contributed by atoms with Gasteiger partial charge < -0.3 is 5.73 Å². The molecule has 0 bridgehead atoms. The molecule has 0 saturated heterocycles. The van der Waals surface area contributed by atoms with E-state index in [1.807, 2.05) is 10.9 Å². The topological polar surface area (TPSA) is 87.4 Å². The second-order valence-electron chi connectivity index (χ2n) is 3.85. The average molecular weight is 235 g/mol. The zero-order valence-electron chi connectivity index (χ0n) is 9.95. The lowest BCUT2D eigenvalue weighted by molar-refractivity contribution is 0.532. The van der Waals surface area contributed by atoms with Crippen molar-refractivity contribution in [1.82, 2.24) is 29.8 Å². The van der Waals surface area contributed by atoms with Crippen LogP contribution >= 0.6 is 0 Å². The molecule has 0 fully saturated rings. The minimum Gasteiger partial charge on any atom is -0.330 e. The third kappa shape index (κ3) is 2.88. The molecule has 92 valence electrons. The van der Waals surface area contributed by atoms with Gasteiger partial charge in [-0.05, 0) is 13.0 Å². The van der Waals surface area contributed by atoms with E-state index in [2.05, 4.69) is 27.3 Å². The molecule has 0 spiro atoms. The molecule has 0 amide bonds. The van der Waals surface area contributed by atoms with E-state index in [4.69, 9.17) is 5.73 Å². The third-order valence-corrected chi connectivity index (χ3v) is 2.42. The van der Waals surface area contributed by atoms with E-state index < -0.39 is 0 Å². The van der Waals surface area contributed by atoms with Gasteiger partial charge in [-0.2, -0.15) is 5.10 Å². The first-order chi connectivity index (χ1) is 8.33. The summed E-state index contributed by atoms with van der Waals surface area (Å²) in [7, 11) is 0. The van der Waals surface area contributed by atoms with Crippen molar-refractivity contribution in [3.8, 4) is 0 Å². The van der Waals surface area contributed by atoms with Gasteiger partial charge in [-0.15, -0.1) is 5.10 Å². The van der Waals surface area contributed by atoms with Gasteiger partial charge >= 0.3 is 0 Å². The lowest BCUT2D eigenvalue weighted by atomic mass is 10.3. The van der Waals surface area contributed by atoms with Crippen LogP contribution in [0, 0.1) is 0 Å². The van der Waals surface area contributed by atoms with Crippen LogP contribution in [0.25, 0.3) is 0 Å². The number of aromatic nitrogens is 6. The number of rotatable bonds is 6. The van der Waals surface area contributed by atoms with Gasteiger partial charge in [0.15, 0.2) is 0 Å². The van der Waals surface area contributed by atoms with Crippen LogP contribution in [0.2, 0.25) is 0 Å². The molecule has 0 saturated carbocycles. The molecule has 2 heterocycles. The van der Waals surface area contributed by atoms with Gasteiger partial charge in [0.05, 0.1) is 5.69 Å². The fourth-order valence-corrected chi connectivity index (χ4v) is 1.63. The Kier molecular flexibility index (Phi) is 3.81. The molecular formula is C10H17N7. The smallest absolute Gasteiger partial charge is 0.148 e. The molecule has 2 N–H and O–H groups in total. The molecule has 0 atom stereocenters. The zero-order valence-corrected chi connectivity index (χ0v) is 9.95. The number of nitrogens with two attached hydrogens (primary N) is 1. The molecule has 7 heteroatoms. The summed E-state index contributed by atoms with van der Waals surface area (Å²) in [4.78, 5) is 4.22. The van der Waals surface area contributed by atoms with Crippen LogP contribution in [0.4, 0.5) is 0 Å². The van der Waals surface area contributed by atoms with Crippen molar-refractivity contribution in [2.75, 3.05) is 6.54 Å². The maximum Gasteiger partial charge on any atom is 0.148 e. The van der Waals surface area contributed by atoms with Crippen LogP contribution in [-0.4, -0.2) is 36.3 Å². The van der Waals surface area contributed by atoms with E-state index in [9.17, 15) is 0 Å². The Morgan fingerprint density at radius 3 is 3.06 bits per heavy atom. The summed E-state index contributed by atoms with van der Waals surface area (Å²) in [6.07, 6.45) is 5.26. The Hall–Kier alpha value is -1.76. The van der Waals surface area contributed by atoms with Gasteiger partial charge in [0.1, 0.15) is 18.7 Å². The fourth-order valence-electron chi connectivity index (χ4n) is 1.63. The van der Waals surface area contributed by atoms with Gasteiger partial charge in [-0.3, -0.25) is 0 Å². The van der Waals surface area contributed by atoms with Crippen LogP contribution in [0.3, 0.4) is 0 Å². The Balaban J connectivity index is 2.05. The average Bonchev–Trinajstić information content (AvgIpc) is 2.91. The van der Waals surface area contributed by atoms with Gasteiger partial charge in [-0.1, -0.05) is 12.1 Å². The van der Waals surface area contributed by atoms with Crippen molar-refractivity contribution in [2.45, 2.75) is 32.9 Å². The first-order valence-electron chi connectivity index (χ1n) is 5.79. The van der Waals surface area contributed by atoms with Crippen LogP contribution in [0.1, 0.15) is 24.9 Å². The van der Waals surface area contributed by atoms with Gasteiger partial charge in [0.25, 0.3) is 0 Å². The van der Waals surface area contributed by atoms with E-state index in [1.54, 1.807) is 11.0 Å². The highest BCUT2D eigenvalue weighted by atomic mass is 15.4. The first kappa shape index (κ1) is 11.7. The molecule has 0 aromatic carbocycles. The predicted octanol–water partition coefficient (Wildman–Crippen LogP) is -0.171. The van der Waals surface area contributed by atoms with E-state index in [0.29, 0.717) is 13.1 Å². The van der Waals surface area contributed by atoms with Crippen LogP contribution in [-0.2, 0) is 19.5 Å². The van der Waals surface area contributed by atoms with Gasteiger partial charge in [0, 0.05) is 19.2 Å². The minimum atomic E-state index is 0.588. The fraction of sp³-hybridized carbons (Fsp3) is 0.600. The quantitative estimate of drug-likeness (QED) is 0.751. The molecule has 2 rings (SSSR count). The highest BCUT2D eigenvalue weighted by Gasteiger charge is 2.06. The van der Waals surface area contributed by atoms with E-state index in [-0.39, 0.29) is 0 Å². The number of hydrogen-bond acceptors (Lipinski definition) is 5. The third-order valence-electron chi connectivity index (χ3n) is 2.42. The van der Waals surface area contributed by atoms with Gasteiger partial charge in [-0.25, -0.2) is 14.3 Å². The standard InChI is InChI=1S/C10H17N7/c1-2-5-17-10(12-8-13-17)7-16-6-9(3-4-11)14-15-16/h6,8H,2-5,7,11H2,1H3. The van der Waals surface area contributed by atoms with Crippen molar-refractivity contribution in [3.63, 3.8) is 0 Å². The summed E-state index contributed by atoms with van der Waals surface area (Å²) in [5.41, 5.74) is 6.38. The molecule has 0 aliphatic rings. The van der Waals surface area contributed by atoms with Crippen molar-refractivity contribution in [3.05, 3.63) is 24.0 Å². The molecule has 2 aromatic heterocycles. The second-order valence-corrected chi connectivity index (χ2v) is 3.85. The van der Waals surface area contributed by atoms with Crippen molar-refractivity contribution in [2.24, 2.45) is 5.73 Å². The van der Waals surface area contributed by atoms with Gasteiger partial charge in [0.2, 0.25) is 0 Å². The minimum absolute atomic E-state index is 0.588. The van der Waals surface area contributed by atoms with Crippen LogP contribution < -0.4 is 5.73 Å². The summed E-state index contributed by atoms with van der Waals surface area (Å²) in [5.74, 6) is 0.899. The lowest BCUT2D eigenvalue weighted by Gasteiger charge is -2.03. The molecule has 2 aromatic rings. The molecular weight excluding hydrogens is 218 g/mol. The maximum atomic E-state index is 5.47. The number of hydrogen-bond donors (Lipinski definition) is 1. The largest absolute Gasteiger partial charge is 0.330 e. The monoisotopic (exact) mass is 235 g/mol. The van der Waals surface area contributed by atoms with Crippen molar-refractivity contribution < 1.29 is 0 Å². The normalized spacial score (nSPS) is 10.9. The van der Waals surface area contributed by atoms with E-state index in [0.717, 1.165) is 30.9 Å². The van der Waals surface area contributed by atoms with Crippen molar-refractivity contribution >= 4 is 0 Å². The van der Waals surface area contributed by atoms with Crippen LogP contribution in [0.15, 0.2) is 12.5 Å². The highest BCUT2D eigenvalue weighted by Crippen LogP contribution is 2.00. The zero-order chi connectivity index (χ0) is 12.1. The predicted molar refractivity (Wildman–Crippen MR) is 62.2 cm³/mol. The Labute approximate surface area is 99.6 Å². The Bertz CT molecular complexity index is 459. The second kappa shape index (κ2) is 5.53. The Morgan fingerprint density at radius 1 is 1.41 bits per heavy atom. The SMILES string of the molecule is CCCn1ncnc1Cn1cc(CCN)nn1. The molecule has 0 unspecified atom stereocenters. The first-order valence-corrected chi connectivity index (χ1v) is 5.79. The Morgan fingerprint density at radius 2 is 2.29 bits per heavy atom. The van der Waals surface area contributed by atoms with Crippen molar-refractivity contribution in [1.29, 1.82) is 0 Å².